The van der Waals surface area contributed by atoms with Crippen LogP contribution in [0, 0.1) is 0 Å². The number of ether oxygens (including phenoxy) is 1. The van der Waals surface area contributed by atoms with Crippen molar-refractivity contribution in [2.24, 2.45) is 0 Å². The maximum atomic E-state index is 5.84. The number of hydrogen-bond donors (Lipinski definition) is 1. The quantitative estimate of drug-likeness (QED) is 0.791. The first-order valence-electron chi connectivity index (χ1n) is 7.76. The average Bonchev–Trinajstić information content (AvgIpc) is 2.39. The SMILES string of the molecule is CCCO[C@H]1CC[C@H](NC2CCCCC2)CC1. The zero-order chi connectivity index (χ0) is 11.9. The van der Waals surface area contributed by atoms with Crippen molar-refractivity contribution in [3.63, 3.8) is 0 Å². The van der Waals surface area contributed by atoms with E-state index in [1.54, 1.807) is 0 Å². The first-order valence-corrected chi connectivity index (χ1v) is 7.76. The molecule has 2 fully saturated rings. The van der Waals surface area contributed by atoms with Crippen LogP contribution < -0.4 is 5.32 Å². The summed E-state index contributed by atoms with van der Waals surface area (Å²) in [5.41, 5.74) is 0. The summed E-state index contributed by atoms with van der Waals surface area (Å²) in [7, 11) is 0. The van der Waals surface area contributed by atoms with Gasteiger partial charge < -0.3 is 10.1 Å². The summed E-state index contributed by atoms with van der Waals surface area (Å²) in [6, 6.07) is 1.60. The second-order valence-corrected chi connectivity index (χ2v) is 5.85. The van der Waals surface area contributed by atoms with E-state index < -0.39 is 0 Å². The van der Waals surface area contributed by atoms with E-state index in [2.05, 4.69) is 12.2 Å². The summed E-state index contributed by atoms with van der Waals surface area (Å²) in [4.78, 5) is 0. The highest BCUT2D eigenvalue weighted by atomic mass is 16.5. The zero-order valence-electron chi connectivity index (χ0n) is 11.4. The van der Waals surface area contributed by atoms with Gasteiger partial charge in [0.15, 0.2) is 0 Å². The molecule has 0 aromatic rings. The van der Waals surface area contributed by atoms with Gasteiger partial charge in [0.1, 0.15) is 0 Å². The lowest BCUT2D eigenvalue weighted by Gasteiger charge is -2.33. The van der Waals surface area contributed by atoms with Crippen LogP contribution in [0.15, 0.2) is 0 Å². The maximum Gasteiger partial charge on any atom is 0.0576 e. The Bertz CT molecular complexity index is 193. The second kappa shape index (κ2) is 7.38. The molecule has 2 saturated carbocycles. The Kier molecular flexibility index (Phi) is 5.79. The van der Waals surface area contributed by atoms with Crippen LogP contribution in [0.4, 0.5) is 0 Å². The van der Waals surface area contributed by atoms with E-state index in [0.717, 1.165) is 25.1 Å². The van der Waals surface area contributed by atoms with Crippen molar-refractivity contribution in [3.8, 4) is 0 Å². The minimum Gasteiger partial charge on any atom is -0.378 e. The van der Waals surface area contributed by atoms with E-state index in [-0.39, 0.29) is 0 Å². The predicted octanol–water partition coefficient (Wildman–Crippen LogP) is 3.65. The van der Waals surface area contributed by atoms with E-state index in [9.17, 15) is 0 Å². The van der Waals surface area contributed by atoms with Gasteiger partial charge in [-0.05, 0) is 44.9 Å². The van der Waals surface area contributed by atoms with Crippen molar-refractivity contribution in [1.29, 1.82) is 0 Å². The first-order chi connectivity index (χ1) is 8.38. The molecule has 0 saturated heterocycles. The smallest absolute Gasteiger partial charge is 0.0576 e. The van der Waals surface area contributed by atoms with Crippen LogP contribution in [0.1, 0.15) is 71.1 Å². The molecule has 0 amide bonds. The van der Waals surface area contributed by atoms with Gasteiger partial charge in [-0.2, -0.15) is 0 Å². The number of hydrogen-bond acceptors (Lipinski definition) is 2. The van der Waals surface area contributed by atoms with Crippen LogP contribution in [0.25, 0.3) is 0 Å². The molecule has 17 heavy (non-hydrogen) atoms. The Morgan fingerprint density at radius 3 is 2.18 bits per heavy atom. The fraction of sp³-hybridized carbons (Fsp3) is 1.00. The van der Waals surface area contributed by atoms with Crippen LogP contribution >= 0.6 is 0 Å². The Morgan fingerprint density at radius 2 is 1.53 bits per heavy atom. The van der Waals surface area contributed by atoms with E-state index in [0.29, 0.717) is 6.10 Å². The molecule has 2 aliphatic carbocycles. The molecule has 2 nitrogen and oxygen atoms in total. The third-order valence-corrected chi connectivity index (χ3v) is 4.31. The summed E-state index contributed by atoms with van der Waals surface area (Å²) >= 11 is 0. The Balaban J connectivity index is 1.61. The average molecular weight is 239 g/mol. The van der Waals surface area contributed by atoms with Crippen molar-refractivity contribution in [2.45, 2.75) is 89.3 Å². The topological polar surface area (TPSA) is 21.3 Å². The van der Waals surface area contributed by atoms with Crippen LogP contribution in [-0.2, 0) is 4.74 Å². The monoisotopic (exact) mass is 239 g/mol. The van der Waals surface area contributed by atoms with Crippen LogP contribution in [0.5, 0.6) is 0 Å². The van der Waals surface area contributed by atoms with Gasteiger partial charge in [-0.25, -0.2) is 0 Å². The molecular formula is C15H29NO. The number of nitrogens with one attached hydrogen (secondary N) is 1. The lowest BCUT2D eigenvalue weighted by atomic mass is 9.89. The van der Waals surface area contributed by atoms with Crippen molar-refractivity contribution in [1.82, 2.24) is 5.32 Å². The highest BCUT2D eigenvalue weighted by Gasteiger charge is 2.24. The molecule has 0 aliphatic heterocycles. The van der Waals surface area contributed by atoms with E-state index in [4.69, 9.17) is 4.74 Å². The molecule has 0 bridgehead atoms. The maximum absolute atomic E-state index is 5.84. The molecule has 2 heteroatoms. The molecular weight excluding hydrogens is 210 g/mol. The second-order valence-electron chi connectivity index (χ2n) is 5.85. The molecule has 2 rings (SSSR count). The molecule has 0 spiro atoms. The zero-order valence-corrected chi connectivity index (χ0v) is 11.4. The minimum atomic E-state index is 0.555. The molecule has 100 valence electrons. The number of rotatable bonds is 5. The lowest BCUT2D eigenvalue weighted by molar-refractivity contribution is 0.0216. The van der Waals surface area contributed by atoms with Gasteiger partial charge in [-0.15, -0.1) is 0 Å². The fourth-order valence-corrected chi connectivity index (χ4v) is 3.28. The standard InChI is InChI=1S/C15H29NO/c1-2-12-17-15-10-8-14(9-11-15)16-13-6-4-3-5-7-13/h13-16H,2-12H2,1H3/t14-,15-. The predicted molar refractivity (Wildman–Crippen MR) is 72.3 cm³/mol. The molecule has 0 atom stereocenters. The van der Waals surface area contributed by atoms with Gasteiger partial charge in [0.05, 0.1) is 6.10 Å². The summed E-state index contributed by atoms with van der Waals surface area (Å²) in [5.74, 6) is 0. The Morgan fingerprint density at radius 1 is 0.882 bits per heavy atom. The molecule has 0 radical (unpaired) electrons. The third kappa shape index (κ3) is 4.59. The summed E-state index contributed by atoms with van der Waals surface area (Å²) < 4.78 is 5.84. The van der Waals surface area contributed by atoms with Crippen molar-refractivity contribution >= 4 is 0 Å². The molecule has 2 aliphatic rings. The summed E-state index contributed by atoms with van der Waals surface area (Å²) in [6.07, 6.45) is 14.0. The molecule has 0 heterocycles. The highest BCUT2D eigenvalue weighted by Crippen LogP contribution is 2.24. The Labute approximate surface area is 107 Å². The van der Waals surface area contributed by atoms with Crippen LogP contribution in [0.2, 0.25) is 0 Å². The van der Waals surface area contributed by atoms with Gasteiger partial charge in [-0.1, -0.05) is 26.2 Å². The first kappa shape index (κ1) is 13.4. The molecule has 1 N–H and O–H groups in total. The fourth-order valence-electron chi connectivity index (χ4n) is 3.28. The van der Waals surface area contributed by atoms with Gasteiger partial charge in [0, 0.05) is 18.7 Å². The van der Waals surface area contributed by atoms with Crippen LogP contribution in [-0.4, -0.2) is 24.8 Å². The largest absolute Gasteiger partial charge is 0.378 e. The van der Waals surface area contributed by atoms with Gasteiger partial charge in [0.25, 0.3) is 0 Å². The van der Waals surface area contributed by atoms with Gasteiger partial charge >= 0.3 is 0 Å². The molecule has 0 aromatic heterocycles. The summed E-state index contributed by atoms with van der Waals surface area (Å²) in [6.45, 7) is 3.14. The van der Waals surface area contributed by atoms with E-state index in [1.165, 1.54) is 57.8 Å². The normalized spacial score (nSPS) is 31.6. The van der Waals surface area contributed by atoms with Crippen LogP contribution in [0.3, 0.4) is 0 Å². The van der Waals surface area contributed by atoms with Crippen molar-refractivity contribution < 1.29 is 4.74 Å². The minimum absolute atomic E-state index is 0.555. The summed E-state index contributed by atoms with van der Waals surface area (Å²) in [5, 5.41) is 3.88. The van der Waals surface area contributed by atoms with Gasteiger partial charge in [-0.3, -0.25) is 0 Å². The molecule has 0 aromatic carbocycles. The van der Waals surface area contributed by atoms with Gasteiger partial charge in [0.2, 0.25) is 0 Å². The van der Waals surface area contributed by atoms with Crippen molar-refractivity contribution in [3.05, 3.63) is 0 Å². The lowest BCUT2D eigenvalue weighted by Crippen LogP contribution is -2.42. The van der Waals surface area contributed by atoms with E-state index in [1.807, 2.05) is 0 Å². The van der Waals surface area contributed by atoms with Crippen molar-refractivity contribution in [2.75, 3.05) is 6.61 Å². The Hall–Kier alpha value is -0.0800. The van der Waals surface area contributed by atoms with E-state index >= 15 is 0 Å². The third-order valence-electron chi connectivity index (χ3n) is 4.31. The molecule has 0 unspecified atom stereocenters. The highest BCUT2D eigenvalue weighted by molar-refractivity contribution is 4.82.